The molecule has 1 aliphatic carbocycles. The standard InChI is InChI=1S/C8H8N2/c1-2-8(3-4-8)7-9-5-6-10-7/h1,5-6H,3-4H2,(H,9,10). The van der Waals surface area contributed by atoms with Gasteiger partial charge in [-0.3, -0.25) is 0 Å². The molecule has 0 aromatic carbocycles. The fourth-order valence-corrected chi connectivity index (χ4v) is 1.10. The van der Waals surface area contributed by atoms with Gasteiger partial charge >= 0.3 is 0 Å². The van der Waals surface area contributed by atoms with E-state index < -0.39 is 0 Å². The lowest BCUT2D eigenvalue weighted by Gasteiger charge is -1.99. The van der Waals surface area contributed by atoms with E-state index in [0.717, 1.165) is 18.7 Å². The minimum atomic E-state index is -0.0243. The summed E-state index contributed by atoms with van der Waals surface area (Å²) in [5.41, 5.74) is -0.0243. The zero-order valence-corrected chi connectivity index (χ0v) is 5.59. The molecule has 1 heterocycles. The van der Waals surface area contributed by atoms with Crippen LogP contribution in [0.3, 0.4) is 0 Å². The van der Waals surface area contributed by atoms with Crippen LogP contribution in [0.5, 0.6) is 0 Å². The van der Waals surface area contributed by atoms with Crippen LogP contribution in [0.25, 0.3) is 0 Å². The maximum atomic E-state index is 5.35. The maximum Gasteiger partial charge on any atom is 0.124 e. The van der Waals surface area contributed by atoms with Crippen molar-refractivity contribution in [3.8, 4) is 12.3 Å². The number of terminal acetylenes is 1. The summed E-state index contributed by atoms with van der Waals surface area (Å²) in [7, 11) is 0. The molecule has 10 heavy (non-hydrogen) atoms. The number of H-pyrrole nitrogens is 1. The molecule has 1 saturated carbocycles. The van der Waals surface area contributed by atoms with Crippen LogP contribution in [0, 0.1) is 12.3 Å². The first-order valence-electron chi connectivity index (χ1n) is 3.35. The van der Waals surface area contributed by atoms with Crippen molar-refractivity contribution in [3.63, 3.8) is 0 Å². The molecule has 1 aliphatic rings. The average Bonchev–Trinajstić information content (AvgIpc) is 2.58. The molecule has 0 radical (unpaired) electrons. The van der Waals surface area contributed by atoms with E-state index in [9.17, 15) is 0 Å². The lowest BCUT2D eigenvalue weighted by molar-refractivity contribution is 0.835. The number of aromatic nitrogens is 2. The van der Waals surface area contributed by atoms with Crippen molar-refractivity contribution in [2.45, 2.75) is 18.3 Å². The van der Waals surface area contributed by atoms with E-state index in [0.29, 0.717) is 0 Å². The predicted molar refractivity (Wildman–Crippen MR) is 38.3 cm³/mol. The summed E-state index contributed by atoms with van der Waals surface area (Å²) in [6.07, 6.45) is 11.1. The molecule has 2 rings (SSSR count). The van der Waals surface area contributed by atoms with Crippen LogP contribution >= 0.6 is 0 Å². The second-order valence-electron chi connectivity index (χ2n) is 2.66. The Hall–Kier alpha value is -1.23. The fourth-order valence-electron chi connectivity index (χ4n) is 1.10. The minimum Gasteiger partial charge on any atom is -0.347 e. The van der Waals surface area contributed by atoms with Gasteiger partial charge in [-0.15, -0.1) is 6.42 Å². The monoisotopic (exact) mass is 132 g/mol. The number of nitrogens with zero attached hydrogens (tertiary/aromatic N) is 1. The van der Waals surface area contributed by atoms with Crippen molar-refractivity contribution in [2.24, 2.45) is 0 Å². The molecular formula is C8H8N2. The Labute approximate surface area is 59.7 Å². The van der Waals surface area contributed by atoms with Crippen molar-refractivity contribution in [1.29, 1.82) is 0 Å². The van der Waals surface area contributed by atoms with E-state index in [1.165, 1.54) is 0 Å². The fraction of sp³-hybridized carbons (Fsp3) is 0.375. The Kier molecular flexibility index (Phi) is 0.906. The number of imidazole rings is 1. The number of hydrogen-bond donors (Lipinski definition) is 1. The maximum absolute atomic E-state index is 5.35. The summed E-state index contributed by atoms with van der Waals surface area (Å²) in [6.45, 7) is 0. The first-order valence-corrected chi connectivity index (χ1v) is 3.35. The minimum absolute atomic E-state index is 0.0243. The van der Waals surface area contributed by atoms with Gasteiger partial charge in [0, 0.05) is 12.4 Å². The molecule has 0 unspecified atom stereocenters. The number of nitrogens with one attached hydrogen (secondary N) is 1. The Balaban J connectivity index is 2.38. The van der Waals surface area contributed by atoms with E-state index in [2.05, 4.69) is 15.9 Å². The van der Waals surface area contributed by atoms with E-state index in [-0.39, 0.29) is 5.41 Å². The molecule has 0 bridgehead atoms. The number of aromatic amines is 1. The van der Waals surface area contributed by atoms with Crippen LogP contribution in [0.4, 0.5) is 0 Å². The van der Waals surface area contributed by atoms with Gasteiger partial charge in [0.15, 0.2) is 0 Å². The van der Waals surface area contributed by atoms with Crippen molar-refractivity contribution >= 4 is 0 Å². The topological polar surface area (TPSA) is 28.7 Å². The predicted octanol–water partition coefficient (Wildman–Crippen LogP) is 1.07. The van der Waals surface area contributed by atoms with Crippen molar-refractivity contribution in [3.05, 3.63) is 18.2 Å². The first-order chi connectivity index (χ1) is 4.87. The third-order valence-corrected chi connectivity index (χ3v) is 1.98. The Morgan fingerprint density at radius 1 is 1.70 bits per heavy atom. The molecule has 0 saturated heterocycles. The summed E-state index contributed by atoms with van der Waals surface area (Å²) in [6, 6.07) is 0. The molecule has 1 aromatic rings. The highest BCUT2D eigenvalue weighted by atomic mass is 14.9. The average molecular weight is 132 g/mol. The first kappa shape index (κ1) is 5.55. The summed E-state index contributed by atoms with van der Waals surface area (Å²) in [5.74, 6) is 3.71. The van der Waals surface area contributed by atoms with Crippen LogP contribution in [0.2, 0.25) is 0 Å². The third kappa shape index (κ3) is 0.577. The highest BCUT2D eigenvalue weighted by Gasteiger charge is 2.44. The van der Waals surface area contributed by atoms with E-state index >= 15 is 0 Å². The molecule has 0 amide bonds. The van der Waals surface area contributed by atoms with Gasteiger partial charge in [0.05, 0.1) is 5.41 Å². The van der Waals surface area contributed by atoms with Crippen LogP contribution in [-0.2, 0) is 5.41 Å². The van der Waals surface area contributed by atoms with E-state index in [1.807, 2.05) is 6.20 Å². The molecule has 2 heteroatoms. The van der Waals surface area contributed by atoms with Crippen LogP contribution in [-0.4, -0.2) is 9.97 Å². The zero-order chi connectivity index (χ0) is 7.03. The van der Waals surface area contributed by atoms with Gasteiger partial charge in [-0.2, -0.15) is 0 Å². The molecule has 1 aromatic heterocycles. The van der Waals surface area contributed by atoms with Gasteiger partial charge in [-0.1, -0.05) is 5.92 Å². The molecule has 1 fully saturated rings. The summed E-state index contributed by atoms with van der Waals surface area (Å²) in [5, 5.41) is 0. The van der Waals surface area contributed by atoms with Gasteiger partial charge in [-0.25, -0.2) is 4.98 Å². The highest BCUT2D eigenvalue weighted by Crippen LogP contribution is 2.45. The van der Waals surface area contributed by atoms with Crippen LogP contribution < -0.4 is 0 Å². The van der Waals surface area contributed by atoms with Gasteiger partial charge in [0.2, 0.25) is 0 Å². The lowest BCUT2D eigenvalue weighted by atomic mass is 10.1. The van der Waals surface area contributed by atoms with Gasteiger partial charge < -0.3 is 4.98 Å². The summed E-state index contributed by atoms with van der Waals surface area (Å²) in [4.78, 5) is 7.16. The smallest absolute Gasteiger partial charge is 0.124 e. The Morgan fingerprint density at radius 2 is 2.50 bits per heavy atom. The Morgan fingerprint density at radius 3 is 2.90 bits per heavy atom. The SMILES string of the molecule is C#CC1(c2ncc[nH]2)CC1. The molecule has 0 aliphatic heterocycles. The summed E-state index contributed by atoms with van der Waals surface area (Å²) < 4.78 is 0. The van der Waals surface area contributed by atoms with Gasteiger partial charge in [0.25, 0.3) is 0 Å². The third-order valence-electron chi connectivity index (χ3n) is 1.98. The number of hydrogen-bond acceptors (Lipinski definition) is 1. The van der Waals surface area contributed by atoms with Crippen LogP contribution in [0.1, 0.15) is 18.7 Å². The van der Waals surface area contributed by atoms with E-state index in [4.69, 9.17) is 6.42 Å². The summed E-state index contributed by atoms with van der Waals surface area (Å²) >= 11 is 0. The quantitative estimate of drug-likeness (QED) is 0.569. The van der Waals surface area contributed by atoms with Crippen molar-refractivity contribution in [1.82, 2.24) is 9.97 Å². The molecular weight excluding hydrogens is 124 g/mol. The Bertz CT molecular complexity index is 262. The lowest BCUT2D eigenvalue weighted by Crippen LogP contribution is -2.04. The van der Waals surface area contributed by atoms with Crippen molar-refractivity contribution in [2.75, 3.05) is 0 Å². The normalized spacial score (nSPS) is 19.9. The highest BCUT2D eigenvalue weighted by molar-refractivity contribution is 5.31. The van der Waals surface area contributed by atoms with Gasteiger partial charge in [-0.05, 0) is 12.8 Å². The number of rotatable bonds is 1. The van der Waals surface area contributed by atoms with E-state index in [1.54, 1.807) is 6.20 Å². The molecule has 0 atom stereocenters. The van der Waals surface area contributed by atoms with Crippen LogP contribution in [0.15, 0.2) is 12.4 Å². The van der Waals surface area contributed by atoms with Gasteiger partial charge in [0.1, 0.15) is 5.82 Å². The molecule has 2 nitrogen and oxygen atoms in total. The zero-order valence-electron chi connectivity index (χ0n) is 5.59. The second kappa shape index (κ2) is 1.63. The largest absolute Gasteiger partial charge is 0.347 e. The molecule has 1 N–H and O–H groups in total. The molecule has 50 valence electrons. The van der Waals surface area contributed by atoms with Crippen molar-refractivity contribution < 1.29 is 0 Å². The molecule has 0 spiro atoms. The second-order valence-corrected chi connectivity index (χ2v) is 2.66.